The summed E-state index contributed by atoms with van der Waals surface area (Å²) in [6.07, 6.45) is 2.59. The zero-order valence-electron chi connectivity index (χ0n) is 9.30. The molecule has 0 saturated heterocycles. The van der Waals surface area contributed by atoms with Gasteiger partial charge in [0.1, 0.15) is 5.82 Å². The predicted molar refractivity (Wildman–Crippen MR) is 65.7 cm³/mol. The topological polar surface area (TPSA) is 41.1 Å². The number of benzene rings is 1. The highest BCUT2D eigenvalue weighted by molar-refractivity contribution is 6.31. The molecule has 1 aromatic rings. The zero-order valence-corrected chi connectivity index (χ0v) is 10.1. The summed E-state index contributed by atoms with van der Waals surface area (Å²) < 4.78 is 12.9. The monoisotopic (exact) mass is 256 g/mol. The Labute approximate surface area is 104 Å². The van der Waals surface area contributed by atoms with Crippen LogP contribution in [0.15, 0.2) is 18.2 Å². The second-order valence-corrected chi connectivity index (χ2v) is 4.55. The molecule has 0 aliphatic heterocycles. The molecule has 3 nitrogen and oxygen atoms in total. The van der Waals surface area contributed by atoms with Crippen LogP contribution in [0, 0.1) is 5.82 Å². The number of carbonyl (C=O) groups excluding carboxylic acids is 1. The van der Waals surface area contributed by atoms with Crippen molar-refractivity contribution in [1.29, 1.82) is 0 Å². The van der Waals surface area contributed by atoms with Crippen LogP contribution in [-0.2, 0) is 4.79 Å². The highest BCUT2D eigenvalue weighted by Crippen LogP contribution is 2.20. The molecule has 1 aromatic carbocycles. The van der Waals surface area contributed by atoms with Crippen molar-refractivity contribution in [3.05, 3.63) is 29.0 Å². The van der Waals surface area contributed by atoms with Gasteiger partial charge in [0.25, 0.3) is 0 Å². The largest absolute Gasteiger partial charge is 0.384 e. The van der Waals surface area contributed by atoms with Crippen molar-refractivity contribution >= 4 is 23.2 Å². The minimum atomic E-state index is -0.441. The smallest absolute Gasteiger partial charge is 0.221 e. The Morgan fingerprint density at radius 3 is 2.88 bits per heavy atom. The van der Waals surface area contributed by atoms with Gasteiger partial charge in [0, 0.05) is 24.7 Å². The summed E-state index contributed by atoms with van der Waals surface area (Å²) >= 11 is 5.64. The van der Waals surface area contributed by atoms with Crippen LogP contribution in [-0.4, -0.2) is 18.5 Å². The average molecular weight is 257 g/mol. The molecule has 0 bridgehead atoms. The molecule has 1 amide bonds. The lowest BCUT2D eigenvalue weighted by Gasteiger charge is -2.07. The molecule has 2 N–H and O–H groups in total. The third kappa shape index (κ3) is 3.89. The molecular formula is C12H14ClFN2O. The quantitative estimate of drug-likeness (QED) is 0.850. The number of anilines is 1. The van der Waals surface area contributed by atoms with Crippen molar-refractivity contribution in [1.82, 2.24) is 5.32 Å². The summed E-state index contributed by atoms with van der Waals surface area (Å²) in [6, 6.07) is 4.80. The summed E-state index contributed by atoms with van der Waals surface area (Å²) in [7, 11) is 0. The molecule has 0 spiro atoms. The molecule has 1 aliphatic carbocycles. The predicted octanol–water partition coefficient (Wildman–Crippen LogP) is 2.56. The Morgan fingerprint density at radius 2 is 2.24 bits per heavy atom. The lowest BCUT2D eigenvalue weighted by molar-refractivity contribution is -0.120. The van der Waals surface area contributed by atoms with E-state index in [0.29, 0.717) is 19.0 Å². The van der Waals surface area contributed by atoms with E-state index in [0.717, 1.165) is 18.5 Å². The fraction of sp³-hybridized carbons (Fsp3) is 0.417. The molecular weight excluding hydrogens is 243 g/mol. The summed E-state index contributed by atoms with van der Waals surface area (Å²) in [5, 5.41) is 6.00. The third-order valence-electron chi connectivity index (χ3n) is 2.54. The van der Waals surface area contributed by atoms with Crippen molar-refractivity contribution in [2.45, 2.75) is 25.3 Å². The number of nitrogens with one attached hydrogen (secondary N) is 2. The molecule has 0 atom stereocenters. The van der Waals surface area contributed by atoms with E-state index in [1.54, 1.807) is 6.07 Å². The second-order valence-electron chi connectivity index (χ2n) is 4.15. The fourth-order valence-corrected chi connectivity index (χ4v) is 1.63. The van der Waals surface area contributed by atoms with E-state index in [9.17, 15) is 9.18 Å². The molecule has 17 heavy (non-hydrogen) atoms. The van der Waals surface area contributed by atoms with E-state index in [1.807, 2.05) is 0 Å². The molecule has 1 saturated carbocycles. The molecule has 0 aromatic heterocycles. The van der Waals surface area contributed by atoms with Gasteiger partial charge in [0.2, 0.25) is 5.91 Å². The van der Waals surface area contributed by atoms with Crippen molar-refractivity contribution in [3.63, 3.8) is 0 Å². The van der Waals surface area contributed by atoms with Crippen LogP contribution in [0.2, 0.25) is 5.02 Å². The highest BCUT2D eigenvalue weighted by atomic mass is 35.5. The standard InChI is InChI=1S/C12H14ClFN2O/c13-10-7-9(3-4-11(10)14)15-6-5-12(17)16-8-1-2-8/h3-4,7-8,15H,1-2,5-6H2,(H,16,17). The average Bonchev–Trinajstić information content (AvgIpc) is 3.07. The van der Waals surface area contributed by atoms with Gasteiger partial charge in [-0.3, -0.25) is 4.79 Å². The Kier molecular flexibility index (Phi) is 3.84. The van der Waals surface area contributed by atoms with Crippen LogP contribution in [0.3, 0.4) is 0 Å². The first kappa shape index (κ1) is 12.2. The second kappa shape index (κ2) is 5.36. The van der Waals surface area contributed by atoms with E-state index in [1.165, 1.54) is 12.1 Å². The maximum Gasteiger partial charge on any atom is 0.221 e. The molecule has 0 heterocycles. The maximum atomic E-state index is 12.9. The van der Waals surface area contributed by atoms with E-state index < -0.39 is 5.82 Å². The first-order valence-corrected chi connectivity index (χ1v) is 6.01. The zero-order chi connectivity index (χ0) is 12.3. The lowest BCUT2D eigenvalue weighted by Crippen LogP contribution is -2.27. The molecule has 0 unspecified atom stereocenters. The van der Waals surface area contributed by atoms with Gasteiger partial charge in [-0.05, 0) is 31.0 Å². The van der Waals surface area contributed by atoms with E-state index >= 15 is 0 Å². The maximum absolute atomic E-state index is 12.9. The van der Waals surface area contributed by atoms with Crippen molar-refractivity contribution in [3.8, 4) is 0 Å². The van der Waals surface area contributed by atoms with Crippen molar-refractivity contribution in [2.24, 2.45) is 0 Å². The van der Waals surface area contributed by atoms with Crippen LogP contribution in [0.1, 0.15) is 19.3 Å². The first-order valence-electron chi connectivity index (χ1n) is 5.63. The van der Waals surface area contributed by atoms with Gasteiger partial charge < -0.3 is 10.6 Å². The fourth-order valence-electron chi connectivity index (χ4n) is 1.45. The van der Waals surface area contributed by atoms with Gasteiger partial charge in [-0.1, -0.05) is 11.6 Å². The first-order chi connectivity index (χ1) is 8.15. The Balaban J connectivity index is 1.73. The van der Waals surface area contributed by atoms with Gasteiger partial charge in [0.05, 0.1) is 5.02 Å². The summed E-state index contributed by atoms with van der Waals surface area (Å²) in [5.74, 6) is -0.392. The minimum absolute atomic E-state index is 0.0493. The van der Waals surface area contributed by atoms with Crippen LogP contribution in [0.5, 0.6) is 0 Å². The Hall–Kier alpha value is -1.29. The third-order valence-corrected chi connectivity index (χ3v) is 2.83. The minimum Gasteiger partial charge on any atom is -0.384 e. The number of hydrogen-bond donors (Lipinski definition) is 2. The summed E-state index contributed by atoms with van der Waals surface area (Å²) in [6.45, 7) is 0.514. The van der Waals surface area contributed by atoms with Crippen LogP contribution >= 0.6 is 11.6 Å². The van der Waals surface area contributed by atoms with Crippen LogP contribution < -0.4 is 10.6 Å². The van der Waals surface area contributed by atoms with Crippen LogP contribution in [0.25, 0.3) is 0 Å². The normalized spacial score (nSPS) is 14.5. The van der Waals surface area contributed by atoms with Crippen molar-refractivity contribution < 1.29 is 9.18 Å². The Bertz CT molecular complexity index is 421. The molecule has 92 valence electrons. The van der Waals surface area contributed by atoms with E-state index in [-0.39, 0.29) is 10.9 Å². The van der Waals surface area contributed by atoms with Crippen LogP contribution in [0.4, 0.5) is 10.1 Å². The number of halogens is 2. The SMILES string of the molecule is O=C(CCNc1ccc(F)c(Cl)c1)NC1CC1. The molecule has 1 aliphatic rings. The molecule has 2 rings (SSSR count). The Morgan fingerprint density at radius 1 is 1.47 bits per heavy atom. The number of hydrogen-bond acceptors (Lipinski definition) is 2. The number of carbonyl (C=O) groups is 1. The molecule has 0 radical (unpaired) electrons. The highest BCUT2D eigenvalue weighted by Gasteiger charge is 2.22. The number of amides is 1. The van der Waals surface area contributed by atoms with Gasteiger partial charge in [0.15, 0.2) is 0 Å². The van der Waals surface area contributed by atoms with Gasteiger partial charge in [-0.2, -0.15) is 0 Å². The van der Waals surface area contributed by atoms with Gasteiger partial charge >= 0.3 is 0 Å². The molecule has 5 heteroatoms. The summed E-state index contributed by atoms with van der Waals surface area (Å²) in [5.41, 5.74) is 0.718. The summed E-state index contributed by atoms with van der Waals surface area (Å²) in [4.78, 5) is 11.4. The van der Waals surface area contributed by atoms with E-state index in [4.69, 9.17) is 11.6 Å². The van der Waals surface area contributed by atoms with Crippen molar-refractivity contribution in [2.75, 3.05) is 11.9 Å². The molecule has 1 fully saturated rings. The number of rotatable bonds is 5. The van der Waals surface area contributed by atoms with Gasteiger partial charge in [-0.15, -0.1) is 0 Å². The van der Waals surface area contributed by atoms with E-state index in [2.05, 4.69) is 10.6 Å². The lowest BCUT2D eigenvalue weighted by atomic mass is 10.3. The van der Waals surface area contributed by atoms with Gasteiger partial charge in [-0.25, -0.2) is 4.39 Å².